The standard InChI is InChI=1S/C18H22N2O2/c1-22-16-6-4-14(5-7-16)13-20-10-8-18(21)17(20)11-15-3-2-9-19-12-15/h2-7,9,12,17-18,21H,8,10-11,13H2,1H3/t17-,18-/m1/s1. The highest BCUT2D eigenvalue weighted by atomic mass is 16.5. The quantitative estimate of drug-likeness (QED) is 0.920. The number of likely N-dealkylation sites (tertiary alicyclic amines) is 1. The first-order valence-electron chi connectivity index (χ1n) is 7.70. The predicted molar refractivity (Wildman–Crippen MR) is 85.8 cm³/mol. The van der Waals surface area contributed by atoms with Crippen molar-refractivity contribution in [2.24, 2.45) is 0 Å². The molecule has 0 bridgehead atoms. The van der Waals surface area contributed by atoms with Crippen molar-refractivity contribution in [3.63, 3.8) is 0 Å². The zero-order valence-electron chi connectivity index (χ0n) is 12.9. The van der Waals surface area contributed by atoms with E-state index >= 15 is 0 Å². The van der Waals surface area contributed by atoms with Gasteiger partial charge in [-0.15, -0.1) is 0 Å². The van der Waals surface area contributed by atoms with Crippen molar-refractivity contribution in [2.75, 3.05) is 13.7 Å². The molecule has 1 aromatic carbocycles. The summed E-state index contributed by atoms with van der Waals surface area (Å²) >= 11 is 0. The van der Waals surface area contributed by atoms with Crippen LogP contribution in [0, 0.1) is 0 Å². The van der Waals surface area contributed by atoms with E-state index < -0.39 is 0 Å². The van der Waals surface area contributed by atoms with Gasteiger partial charge in [0.25, 0.3) is 0 Å². The molecule has 0 amide bonds. The van der Waals surface area contributed by atoms with E-state index in [9.17, 15) is 5.11 Å². The Morgan fingerprint density at radius 1 is 1.23 bits per heavy atom. The number of hydrogen-bond acceptors (Lipinski definition) is 4. The van der Waals surface area contributed by atoms with E-state index in [0.717, 1.165) is 31.7 Å². The largest absolute Gasteiger partial charge is 0.497 e. The molecule has 4 nitrogen and oxygen atoms in total. The molecular weight excluding hydrogens is 276 g/mol. The van der Waals surface area contributed by atoms with Crippen molar-refractivity contribution in [2.45, 2.75) is 31.5 Å². The van der Waals surface area contributed by atoms with Crippen molar-refractivity contribution < 1.29 is 9.84 Å². The summed E-state index contributed by atoms with van der Waals surface area (Å²) in [4.78, 5) is 6.53. The van der Waals surface area contributed by atoms with Crippen molar-refractivity contribution in [1.29, 1.82) is 0 Å². The van der Waals surface area contributed by atoms with Gasteiger partial charge in [0.1, 0.15) is 5.75 Å². The maximum Gasteiger partial charge on any atom is 0.118 e. The summed E-state index contributed by atoms with van der Waals surface area (Å²) in [6, 6.07) is 12.3. The van der Waals surface area contributed by atoms with E-state index in [1.165, 1.54) is 11.1 Å². The Hall–Kier alpha value is -1.91. The van der Waals surface area contributed by atoms with Crippen LogP contribution < -0.4 is 4.74 Å². The summed E-state index contributed by atoms with van der Waals surface area (Å²) in [7, 11) is 1.68. The Morgan fingerprint density at radius 2 is 2.05 bits per heavy atom. The Bertz CT molecular complexity index is 586. The van der Waals surface area contributed by atoms with E-state index in [0.29, 0.717) is 0 Å². The SMILES string of the molecule is COc1ccc(CN2CC[C@@H](O)[C@H]2Cc2cccnc2)cc1. The molecule has 22 heavy (non-hydrogen) atoms. The Kier molecular flexibility index (Phi) is 4.71. The lowest BCUT2D eigenvalue weighted by molar-refractivity contribution is 0.112. The zero-order valence-corrected chi connectivity index (χ0v) is 12.9. The summed E-state index contributed by atoms with van der Waals surface area (Å²) in [6.07, 6.45) is 5.07. The molecule has 2 heterocycles. The molecule has 2 aromatic rings. The second-order valence-electron chi connectivity index (χ2n) is 5.81. The minimum absolute atomic E-state index is 0.159. The molecule has 0 radical (unpaired) electrons. The highest BCUT2D eigenvalue weighted by Gasteiger charge is 2.32. The third-order valence-corrected chi connectivity index (χ3v) is 4.34. The smallest absolute Gasteiger partial charge is 0.118 e. The molecule has 0 aliphatic carbocycles. The first-order chi connectivity index (χ1) is 10.8. The molecule has 1 saturated heterocycles. The summed E-state index contributed by atoms with van der Waals surface area (Å²) < 4.78 is 5.20. The maximum absolute atomic E-state index is 10.3. The van der Waals surface area contributed by atoms with Crippen LogP contribution in [0.5, 0.6) is 5.75 Å². The van der Waals surface area contributed by atoms with Gasteiger partial charge >= 0.3 is 0 Å². The van der Waals surface area contributed by atoms with Crippen LogP contribution in [-0.2, 0) is 13.0 Å². The molecule has 1 fully saturated rings. The fourth-order valence-electron chi connectivity index (χ4n) is 3.09. The normalized spacial score (nSPS) is 21.9. The van der Waals surface area contributed by atoms with Crippen LogP contribution in [-0.4, -0.2) is 40.8 Å². The molecule has 1 aliphatic rings. The number of aromatic nitrogens is 1. The van der Waals surface area contributed by atoms with Crippen molar-refractivity contribution in [3.8, 4) is 5.75 Å². The first-order valence-corrected chi connectivity index (χ1v) is 7.70. The molecular formula is C18H22N2O2. The number of benzene rings is 1. The van der Waals surface area contributed by atoms with Crippen LogP contribution in [0.3, 0.4) is 0 Å². The van der Waals surface area contributed by atoms with E-state index in [1.807, 2.05) is 24.4 Å². The van der Waals surface area contributed by atoms with Crippen molar-refractivity contribution in [1.82, 2.24) is 9.88 Å². The number of methoxy groups -OCH3 is 1. The van der Waals surface area contributed by atoms with E-state index in [4.69, 9.17) is 4.74 Å². The summed E-state index contributed by atoms with van der Waals surface area (Å²) in [5.41, 5.74) is 2.42. The molecule has 0 unspecified atom stereocenters. The predicted octanol–water partition coefficient (Wildman–Crippen LogP) is 2.27. The van der Waals surface area contributed by atoms with Crippen molar-refractivity contribution in [3.05, 3.63) is 59.9 Å². The highest BCUT2D eigenvalue weighted by Crippen LogP contribution is 2.24. The average molecular weight is 298 g/mol. The molecule has 2 atom stereocenters. The van der Waals surface area contributed by atoms with Gasteiger partial charge in [0.15, 0.2) is 0 Å². The van der Waals surface area contributed by atoms with Gasteiger partial charge in [-0.25, -0.2) is 0 Å². The third-order valence-electron chi connectivity index (χ3n) is 4.34. The summed E-state index contributed by atoms with van der Waals surface area (Å²) in [5.74, 6) is 0.872. The van der Waals surface area contributed by atoms with Crippen molar-refractivity contribution >= 4 is 0 Å². The molecule has 1 aromatic heterocycles. The molecule has 0 saturated carbocycles. The van der Waals surface area contributed by atoms with E-state index in [-0.39, 0.29) is 12.1 Å². The van der Waals surface area contributed by atoms with E-state index in [2.05, 4.69) is 28.1 Å². The van der Waals surface area contributed by atoms with Crippen LogP contribution in [0.15, 0.2) is 48.8 Å². The Labute approximate surface area is 131 Å². The Morgan fingerprint density at radius 3 is 2.73 bits per heavy atom. The minimum atomic E-state index is -0.265. The second kappa shape index (κ2) is 6.90. The first kappa shape index (κ1) is 15.0. The third kappa shape index (κ3) is 3.46. The van der Waals surface area contributed by atoms with Gasteiger partial charge in [-0.2, -0.15) is 0 Å². The van der Waals surface area contributed by atoms with Crippen LogP contribution in [0.1, 0.15) is 17.5 Å². The van der Waals surface area contributed by atoms with Crippen LogP contribution in [0.2, 0.25) is 0 Å². The number of aliphatic hydroxyl groups excluding tert-OH is 1. The van der Waals surface area contributed by atoms with Gasteiger partial charge < -0.3 is 9.84 Å². The summed E-state index contributed by atoms with van der Waals surface area (Å²) in [6.45, 7) is 1.78. The molecule has 0 spiro atoms. The van der Waals surface area contributed by atoms with Crippen LogP contribution in [0.4, 0.5) is 0 Å². The molecule has 1 aliphatic heterocycles. The summed E-state index contributed by atoms with van der Waals surface area (Å²) in [5, 5.41) is 10.3. The minimum Gasteiger partial charge on any atom is -0.497 e. The lowest BCUT2D eigenvalue weighted by Gasteiger charge is -2.26. The van der Waals surface area contributed by atoms with E-state index in [1.54, 1.807) is 13.3 Å². The average Bonchev–Trinajstić information content (AvgIpc) is 2.90. The second-order valence-corrected chi connectivity index (χ2v) is 5.81. The van der Waals surface area contributed by atoms with Gasteiger partial charge in [0.05, 0.1) is 13.2 Å². The topological polar surface area (TPSA) is 45.6 Å². The molecule has 3 rings (SSSR count). The maximum atomic E-state index is 10.3. The number of rotatable bonds is 5. The lowest BCUT2D eigenvalue weighted by Crippen LogP contribution is -2.36. The van der Waals surface area contributed by atoms with Gasteiger partial charge in [0.2, 0.25) is 0 Å². The molecule has 116 valence electrons. The van der Waals surface area contributed by atoms with Crippen LogP contribution >= 0.6 is 0 Å². The number of nitrogens with zero attached hydrogens (tertiary/aromatic N) is 2. The zero-order chi connectivity index (χ0) is 15.4. The monoisotopic (exact) mass is 298 g/mol. The molecule has 1 N–H and O–H groups in total. The van der Waals surface area contributed by atoms with Crippen LogP contribution in [0.25, 0.3) is 0 Å². The number of hydrogen-bond donors (Lipinski definition) is 1. The molecule has 4 heteroatoms. The van der Waals surface area contributed by atoms with Gasteiger partial charge in [-0.1, -0.05) is 18.2 Å². The highest BCUT2D eigenvalue weighted by molar-refractivity contribution is 5.27. The fraction of sp³-hybridized carbons (Fsp3) is 0.389. The van der Waals surface area contributed by atoms with Gasteiger partial charge in [-0.3, -0.25) is 9.88 Å². The number of pyridine rings is 1. The number of ether oxygens (including phenoxy) is 1. The Balaban J connectivity index is 1.68. The lowest BCUT2D eigenvalue weighted by atomic mass is 10.0. The van der Waals surface area contributed by atoms with Gasteiger partial charge in [0, 0.05) is 31.5 Å². The van der Waals surface area contributed by atoms with Gasteiger partial charge in [-0.05, 0) is 42.2 Å². The fourth-order valence-corrected chi connectivity index (χ4v) is 3.09. The number of aliphatic hydroxyl groups is 1.